The van der Waals surface area contributed by atoms with Crippen molar-refractivity contribution in [3.05, 3.63) is 0 Å². The van der Waals surface area contributed by atoms with Crippen molar-refractivity contribution in [2.24, 2.45) is 11.8 Å². The molecular weight excluding hydrogens is 364 g/mol. The molecule has 1 aliphatic heterocycles. The van der Waals surface area contributed by atoms with Gasteiger partial charge in [-0.25, -0.2) is 0 Å². The molecule has 160 valence electrons. The minimum Gasteiger partial charge on any atom is -0.469 e. The summed E-state index contributed by atoms with van der Waals surface area (Å²) in [5.41, 5.74) is 0. The number of hydrogen-bond donors (Lipinski definition) is 0. The smallest absolute Gasteiger partial charge is 0.305 e. The summed E-state index contributed by atoms with van der Waals surface area (Å²) in [7, 11) is 1.40. The SMILES string of the molecule is COC(=O)CCCCCCC1C(OC(C)=O)CC(OC2CCCCO2)C1C=O. The zero-order chi connectivity index (χ0) is 20.4. The topological polar surface area (TPSA) is 88.1 Å². The summed E-state index contributed by atoms with van der Waals surface area (Å²) in [5.74, 6) is -0.829. The lowest BCUT2D eigenvalue weighted by Crippen LogP contribution is -2.32. The van der Waals surface area contributed by atoms with E-state index in [4.69, 9.17) is 14.2 Å². The Kier molecular flexibility index (Phi) is 9.92. The van der Waals surface area contributed by atoms with Gasteiger partial charge in [-0.1, -0.05) is 19.3 Å². The molecule has 0 aromatic heterocycles. The summed E-state index contributed by atoms with van der Waals surface area (Å²) in [6.07, 6.45) is 8.44. The number of ether oxygens (including phenoxy) is 4. The second-order valence-electron chi connectivity index (χ2n) is 7.76. The van der Waals surface area contributed by atoms with Gasteiger partial charge < -0.3 is 23.7 Å². The first kappa shape index (κ1) is 22.8. The Hall–Kier alpha value is -1.47. The maximum absolute atomic E-state index is 11.8. The first-order chi connectivity index (χ1) is 13.5. The van der Waals surface area contributed by atoms with Gasteiger partial charge in [-0.2, -0.15) is 0 Å². The van der Waals surface area contributed by atoms with Crippen molar-refractivity contribution in [1.82, 2.24) is 0 Å². The van der Waals surface area contributed by atoms with Gasteiger partial charge in [0.2, 0.25) is 0 Å². The number of esters is 2. The zero-order valence-electron chi connectivity index (χ0n) is 17.1. The summed E-state index contributed by atoms with van der Waals surface area (Å²) in [6, 6.07) is 0. The number of carbonyl (C=O) groups is 3. The number of unbranched alkanes of at least 4 members (excludes halogenated alkanes) is 3. The van der Waals surface area contributed by atoms with Crippen molar-refractivity contribution >= 4 is 18.2 Å². The molecule has 5 atom stereocenters. The number of aldehydes is 1. The molecular formula is C21H34O7. The molecule has 0 amide bonds. The molecule has 28 heavy (non-hydrogen) atoms. The van der Waals surface area contributed by atoms with Gasteiger partial charge in [0.05, 0.1) is 13.2 Å². The number of rotatable bonds is 11. The van der Waals surface area contributed by atoms with E-state index < -0.39 is 0 Å². The highest BCUT2D eigenvalue weighted by Crippen LogP contribution is 2.39. The van der Waals surface area contributed by atoms with E-state index >= 15 is 0 Å². The van der Waals surface area contributed by atoms with Crippen molar-refractivity contribution in [3.63, 3.8) is 0 Å². The first-order valence-corrected chi connectivity index (χ1v) is 10.5. The number of methoxy groups -OCH3 is 1. The molecule has 7 nitrogen and oxygen atoms in total. The summed E-state index contributed by atoms with van der Waals surface area (Å²) >= 11 is 0. The molecule has 0 spiro atoms. The van der Waals surface area contributed by atoms with Crippen molar-refractivity contribution in [2.75, 3.05) is 13.7 Å². The van der Waals surface area contributed by atoms with Crippen LogP contribution in [0.1, 0.15) is 71.1 Å². The molecule has 1 saturated carbocycles. The lowest BCUT2D eigenvalue weighted by molar-refractivity contribution is -0.195. The minimum absolute atomic E-state index is 0.0319. The molecule has 0 aromatic carbocycles. The third kappa shape index (κ3) is 7.17. The fraction of sp³-hybridized carbons (Fsp3) is 0.857. The van der Waals surface area contributed by atoms with Crippen LogP contribution >= 0.6 is 0 Å². The maximum Gasteiger partial charge on any atom is 0.305 e. The van der Waals surface area contributed by atoms with Crippen LogP contribution in [0.2, 0.25) is 0 Å². The first-order valence-electron chi connectivity index (χ1n) is 10.5. The zero-order valence-corrected chi connectivity index (χ0v) is 17.1. The molecule has 5 unspecified atom stereocenters. The van der Waals surface area contributed by atoms with Crippen molar-refractivity contribution < 1.29 is 33.3 Å². The highest BCUT2D eigenvalue weighted by Gasteiger charge is 2.46. The molecule has 0 bridgehead atoms. The molecule has 2 aliphatic rings. The molecule has 2 fully saturated rings. The number of hydrogen-bond acceptors (Lipinski definition) is 7. The summed E-state index contributed by atoms with van der Waals surface area (Å²) in [4.78, 5) is 34.5. The Bertz CT molecular complexity index is 501. The maximum atomic E-state index is 11.8. The molecule has 0 N–H and O–H groups in total. The van der Waals surface area contributed by atoms with E-state index in [-0.39, 0.29) is 42.3 Å². The van der Waals surface area contributed by atoms with Gasteiger partial charge in [-0.3, -0.25) is 9.59 Å². The molecule has 1 saturated heterocycles. The Labute approximate surface area is 167 Å². The molecule has 1 aliphatic carbocycles. The number of carbonyl (C=O) groups excluding carboxylic acids is 3. The predicted octanol–water partition coefficient (Wildman–Crippen LogP) is 3.18. The van der Waals surface area contributed by atoms with Crippen molar-refractivity contribution in [2.45, 2.75) is 89.6 Å². The Morgan fingerprint density at radius 1 is 1.11 bits per heavy atom. The van der Waals surface area contributed by atoms with Gasteiger partial charge in [0.1, 0.15) is 12.4 Å². The lowest BCUT2D eigenvalue weighted by atomic mass is 9.89. The second kappa shape index (κ2) is 12.2. The van der Waals surface area contributed by atoms with E-state index in [1.54, 1.807) is 0 Å². The second-order valence-corrected chi connectivity index (χ2v) is 7.76. The Morgan fingerprint density at radius 2 is 1.89 bits per heavy atom. The van der Waals surface area contributed by atoms with E-state index in [9.17, 15) is 14.4 Å². The van der Waals surface area contributed by atoms with Crippen LogP contribution in [-0.2, 0) is 33.3 Å². The van der Waals surface area contributed by atoms with Gasteiger partial charge in [-0.15, -0.1) is 0 Å². The minimum atomic E-state index is -0.327. The van der Waals surface area contributed by atoms with Crippen molar-refractivity contribution in [3.8, 4) is 0 Å². The third-order valence-corrected chi connectivity index (χ3v) is 5.70. The molecule has 2 rings (SSSR count). The predicted molar refractivity (Wildman–Crippen MR) is 101 cm³/mol. The van der Waals surface area contributed by atoms with Crippen LogP contribution < -0.4 is 0 Å². The van der Waals surface area contributed by atoms with Crippen LogP contribution in [0.4, 0.5) is 0 Å². The van der Waals surface area contributed by atoms with Gasteiger partial charge in [0.15, 0.2) is 6.29 Å². The van der Waals surface area contributed by atoms with Gasteiger partial charge in [0, 0.05) is 38.2 Å². The van der Waals surface area contributed by atoms with E-state index in [2.05, 4.69) is 4.74 Å². The van der Waals surface area contributed by atoms with Gasteiger partial charge in [-0.05, 0) is 32.1 Å². The van der Waals surface area contributed by atoms with Gasteiger partial charge >= 0.3 is 11.9 Å². The molecule has 0 aromatic rings. The van der Waals surface area contributed by atoms with Crippen LogP contribution in [0.25, 0.3) is 0 Å². The van der Waals surface area contributed by atoms with E-state index in [1.165, 1.54) is 14.0 Å². The molecule has 1 heterocycles. The third-order valence-electron chi connectivity index (χ3n) is 5.70. The van der Waals surface area contributed by atoms with E-state index in [0.29, 0.717) is 19.4 Å². The quantitative estimate of drug-likeness (QED) is 0.300. The average molecular weight is 398 g/mol. The van der Waals surface area contributed by atoms with E-state index in [1.807, 2.05) is 0 Å². The monoisotopic (exact) mass is 398 g/mol. The molecule has 7 heteroatoms. The largest absolute Gasteiger partial charge is 0.469 e. The highest BCUT2D eigenvalue weighted by molar-refractivity contribution is 5.69. The normalized spacial score (nSPS) is 30.0. The lowest BCUT2D eigenvalue weighted by Gasteiger charge is -2.28. The average Bonchev–Trinajstić information content (AvgIpc) is 3.00. The Morgan fingerprint density at radius 3 is 2.54 bits per heavy atom. The summed E-state index contributed by atoms with van der Waals surface area (Å²) in [5, 5.41) is 0. The van der Waals surface area contributed by atoms with Gasteiger partial charge in [0.25, 0.3) is 0 Å². The molecule has 0 radical (unpaired) electrons. The van der Waals surface area contributed by atoms with Crippen LogP contribution in [0.5, 0.6) is 0 Å². The summed E-state index contributed by atoms with van der Waals surface area (Å²) in [6.45, 7) is 2.09. The van der Waals surface area contributed by atoms with Crippen LogP contribution in [0.15, 0.2) is 0 Å². The van der Waals surface area contributed by atoms with Crippen LogP contribution in [-0.4, -0.2) is 50.4 Å². The highest BCUT2D eigenvalue weighted by atomic mass is 16.7. The van der Waals surface area contributed by atoms with Crippen LogP contribution in [0.3, 0.4) is 0 Å². The Balaban J connectivity index is 1.85. The fourth-order valence-electron chi connectivity index (χ4n) is 4.26. The fourth-order valence-corrected chi connectivity index (χ4v) is 4.26. The van der Waals surface area contributed by atoms with Crippen molar-refractivity contribution in [1.29, 1.82) is 0 Å². The van der Waals surface area contributed by atoms with E-state index in [0.717, 1.165) is 57.7 Å². The van der Waals surface area contributed by atoms with Crippen LogP contribution in [0, 0.1) is 11.8 Å². The summed E-state index contributed by atoms with van der Waals surface area (Å²) < 4.78 is 21.9. The standard InChI is InChI=1S/C21H34O7/c1-15(23)27-18-13-19(28-21-11-7-8-12-26-21)17(14-22)16(18)9-5-3-4-6-10-20(24)25-2/h14,16-19,21H,3-13H2,1-2H3.